The molecule has 1 amide bonds. The van der Waals surface area contributed by atoms with E-state index in [0.717, 1.165) is 16.6 Å². The number of aromatic nitrogens is 2. The smallest absolute Gasteiger partial charge is 0.237 e. The van der Waals surface area contributed by atoms with Gasteiger partial charge in [0.15, 0.2) is 0 Å². The van der Waals surface area contributed by atoms with Gasteiger partial charge in [0, 0.05) is 0 Å². The molecule has 0 unspecified atom stereocenters. The molecule has 0 bridgehead atoms. The summed E-state index contributed by atoms with van der Waals surface area (Å²) in [6, 6.07) is 16.2. The van der Waals surface area contributed by atoms with E-state index in [4.69, 9.17) is 11.1 Å². The molecular weight excluding hydrogens is 348 g/mol. The van der Waals surface area contributed by atoms with E-state index in [0.29, 0.717) is 6.54 Å². The maximum Gasteiger partial charge on any atom is 0.237 e. The molecule has 138 valence electrons. The van der Waals surface area contributed by atoms with Gasteiger partial charge in [0.05, 0.1) is 17.6 Å². The average molecular weight is 372 g/mol. The number of fused-ring (bicyclic) bond motifs is 1. The summed E-state index contributed by atoms with van der Waals surface area (Å²) in [4.78, 5) is 11.4. The molecule has 0 fully saturated rings. The van der Waals surface area contributed by atoms with Crippen LogP contribution in [0.3, 0.4) is 0 Å². The third kappa shape index (κ3) is 3.83. The summed E-state index contributed by atoms with van der Waals surface area (Å²) >= 11 is 0. The third-order valence-corrected chi connectivity index (χ3v) is 4.45. The number of nitrogens with zero attached hydrogens (tertiary/aromatic N) is 2. The van der Waals surface area contributed by atoms with Crippen molar-refractivity contribution in [3.05, 3.63) is 65.3 Å². The number of nitrogens with one attached hydrogen (secondary N) is 1. The van der Waals surface area contributed by atoms with Crippen molar-refractivity contribution in [1.29, 1.82) is 5.41 Å². The lowest BCUT2D eigenvalue weighted by Gasteiger charge is -2.19. The zero-order chi connectivity index (χ0) is 18.2. The molecule has 0 aliphatic heterocycles. The lowest BCUT2D eigenvalue weighted by molar-refractivity contribution is -0.118. The van der Waals surface area contributed by atoms with E-state index in [1.165, 1.54) is 5.56 Å². The van der Waals surface area contributed by atoms with Crippen molar-refractivity contribution in [2.45, 2.75) is 39.3 Å². The third-order valence-electron chi connectivity index (χ3n) is 4.45. The number of imidazole rings is 1. The summed E-state index contributed by atoms with van der Waals surface area (Å²) in [6.45, 7) is 7.16. The van der Waals surface area contributed by atoms with E-state index in [1.54, 1.807) is 4.57 Å². The zero-order valence-electron chi connectivity index (χ0n) is 15.3. The molecule has 0 aliphatic carbocycles. The van der Waals surface area contributed by atoms with Gasteiger partial charge in [0.2, 0.25) is 11.5 Å². The van der Waals surface area contributed by atoms with Gasteiger partial charge in [0.1, 0.15) is 6.54 Å². The molecule has 0 atom stereocenters. The maximum absolute atomic E-state index is 11.4. The molecule has 1 aromatic heterocycles. The van der Waals surface area contributed by atoms with Crippen molar-refractivity contribution < 1.29 is 17.2 Å². The van der Waals surface area contributed by atoms with Gasteiger partial charge in [-0.25, -0.2) is 0 Å². The Morgan fingerprint density at radius 3 is 2.04 bits per heavy atom. The van der Waals surface area contributed by atoms with Gasteiger partial charge in [-0.3, -0.25) is 10.2 Å². The van der Waals surface area contributed by atoms with E-state index >= 15 is 0 Å². The van der Waals surface area contributed by atoms with Gasteiger partial charge >= 0.3 is 0 Å². The molecule has 0 saturated carbocycles. The highest BCUT2D eigenvalue weighted by Crippen LogP contribution is 2.22. The number of benzene rings is 2. The van der Waals surface area contributed by atoms with Crippen LogP contribution in [0.5, 0.6) is 0 Å². The number of carbonyl (C=O) groups is 1. The van der Waals surface area contributed by atoms with Crippen molar-refractivity contribution >= 4 is 16.9 Å². The molecule has 3 aromatic rings. The Labute approximate surface area is 159 Å². The first-order valence-electron chi connectivity index (χ1n) is 8.38. The van der Waals surface area contributed by atoms with Gasteiger partial charge in [-0.15, -0.1) is 0 Å². The van der Waals surface area contributed by atoms with Crippen LogP contribution in [0.25, 0.3) is 11.0 Å². The van der Waals surface area contributed by atoms with Gasteiger partial charge in [0.25, 0.3) is 0 Å². The fraction of sp³-hybridized carbons (Fsp3) is 0.300. The number of primary amides is 1. The maximum atomic E-state index is 11.4. The Balaban J connectivity index is 0.00000243. The van der Waals surface area contributed by atoms with Crippen LogP contribution in [-0.4, -0.2) is 15.0 Å². The highest BCUT2D eigenvalue weighted by Gasteiger charge is 2.14. The normalized spacial score (nSPS) is 11.3. The summed E-state index contributed by atoms with van der Waals surface area (Å²) in [5.41, 5.74) is 9.91. The number of para-hydroxylation sites is 2. The molecule has 0 spiro atoms. The highest BCUT2D eigenvalue weighted by atomic mass is 35.5. The lowest BCUT2D eigenvalue weighted by atomic mass is 9.87. The summed E-state index contributed by atoms with van der Waals surface area (Å²) in [5.74, 6) is -0.448. The number of carbonyl (C=O) groups excluding carboxylic acids is 1. The van der Waals surface area contributed by atoms with Crippen LogP contribution < -0.4 is 23.8 Å². The molecule has 0 radical (unpaired) electrons. The first-order chi connectivity index (χ1) is 11.8. The number of halogens is 1. The first-order valence-corrected chi connectivity index (χ1v) is 8.38. The van der Waals surface area contributed by atoms with Gasteiger partial charge in [-0.1, -0.05) is 57.2 Å². The largest absolute Gasteiger partial charge is 1.00 e. The van der Waals surface area contributed by atoms with Crippen molar-refractivity contribution in [3.8, 4) is 0 Å². The quantitative estimate of drug-likeness (QED) is 0.652. The first kappa shape index (κ1) is 19.8. The SMILES string of the molecule is CC(C)(C)c1ccc(Cn2c(=N)n(CC(N)=O)c3ccccc32)cc1.[Cl-]. The van der Waals surface area contributed by atoms with Gasteiger partial charge in [-0.2, -0.15) is 0 Å². The number of nitrogens with two attached hydrogens (primary N) is 1. The molecule has 3 N–H and O–H groups in total. The Hall–Kier alpha value is -2.53. The topological polar surface area (TPSA) is 76.8 Å². The Kier molecular flexibility index (Phi) is 5.62. The predicted octanol–water partition coefficient (Wildman–Crippen LogP) is -0.243. The molecule has 0 aliphatic rings. The Morgan fingerprint density at radius 2 is 1.54 bits per heavy atom. The van der Waals surface area contributed by atoms with E-state index in [2.05, 4.69) is 45.0 Å². The van der Waals surface area contributed by atoms with Crippen LogP contribution in [0.15, 0.2) is 48.5 Å². The summed E-state index contributed by atoms with van der Waals surface area (Å²) in [5, 5.41) is 8.48. The Morgan fingerprint density at radius 1 is 1.00 bits per heavy atom. The average Bonchev–Trinajstić information content (AvgIpc) is 2.80. The second-order valence-corrected chi connectivity index (χ2v) is 7.40. The second kappa shape index (κ2) is 7.38. The molecule has 2 aromatic carbocycles. The summed E-state index contributed by atoms with van der Waals surface area (Å²) in [6.07, 6.45) is 0. The minimum Gasteiger partial charge on any atom is -1.00 e. The molecule has 5 nitrogen and oxygen atoms in total. The van der Waals surface area contributed by atoms with Crippen LogP contribution in [0.2, 0.25) is 0 Å². The molecule has 0 saturated heterocycles. The highest BCUT2D eigenvalue weighted by molar-refractivity contribution is 5.80. The number of hydrogen-bond donors (Lipinski definition) is 2. The monoisotopic (exact) mass is 371 g/mol. The predicted molar refractivity (Wildman–Crippen MR) is 99.2 cm³/mol. The van der Waals surface area contributed by atoms with Gasteiger partial charge < -0.3 is 27.3 Å². The van der Waals surface area contributed by atoms with E-state index in [9.17, 15) is 4.79 Å². The van der Waals surface area contributed by atoms with Crippen molar-refractivity contribution in [2.75, 3.05) is 0 Å². The lowest BCUT2D eigenvalue weighted by Crippen LogP contribution is -3.00. The van der Waals surface area contributed by atoms with Crippen LogP contribution >= 0.6 is 0 Å². The van der Waals surface area contributed by atoms with E-state index < -0.39 is 5.91 Å². The summed E-state index contributed by atoms with van der Waals surface area (Å²) < 4.78 is 3.56. The molecule has 3 rings (SSSR count). The second-order valence-electron chi connectivity index (χ2n) is 7.40. The van der Waals surface area contributed by atoms with E-state index in [-0.39, 0.29) is 30.0 Å². The van der Waals surface area contributed by atoms with Crippen molar-refractivity contribution in [1.82, 2.24) is 9.13 Å². The summed E-state index contributed by atoms with van der Waals surface area (Å²) in [7, 11) is 0. The van der Waals surface area contributed by atoms with Crippen LogP contribution in [-0.2, 0) is 23.3 Å². The number of hydrogen-bond acceptors (Lipinski definition) is 2. The number of rotatable bonds is 4. The Bertz CT molecular complexity index is 978. The standard InChI is InChI=1S/C20H24N4O.ClH/c1-20(2,3)15-10-8-14(9-11-15)12-23-16-6-4-5-7-17(16)24(19(23)22)13-18(21)25;/h4-11,22H,12-13H2,1-3H3,(H2,21,25);1H/p-1. The molecular formula is C20H24ClN4O-. The fourth-order valence-electron chi connectivity index (χ4n) is 3.06. The minimum absolute atomic E-state index is 0. The molecule has 6 heteroatoms. The molecule has 26 heavy (non-hydrogen) atoms. The minimum atomic E-state index is -0.448. The zero-order valence-corrected chi connectivity index (χ0v) is 16.0. The van der Waals surface area contributed by atoms with E-state index in [1.807, 2.05) is 28.8 Å². The van der Waals surface area contributed by atoms with Crippen molar-refractivity contribution in [3.63, 3.8) is 0 Å². The van der Waals surface area contributed by atoms with Crippen molar-refractivity contribution in [2.24, 2.45) is 5.73 Å². The van der Waals surface area contributed by atoms with Gasteiger partial charge in [-0.05, 0) is 28.7 Å². The van der Waals surface area contributed by atoms with Crippen LogP contribution in [0, 0.1) is 5.41 Å². The fourth-order valence-corrected chi connectivity index (χ4v) is 3.06. The van der Waals surface area contributed by atoms with Crippen LogP contribution in [0.4, 0.5) is 0 Å². The van der Waals surface area contributed by atoms with Crippen LogP contribution in [0.1, 0.15) is 31.9 Å². The molecule has 1 heterocycles. The number of amides is 1.